The molecule has 0 saturated heterocycles. The molecule has 1 aromatic rings. The van der Waals surface area contributed by atoms with Gasteiger partial charge in [-0.05, 0) is 36.8 Å². The van der Waals surface area contributed by atoms with Gasteiger partial charge in [0.1, 0.15) is 0 Å². The minimum absolute atomic E-state index is 0.153. The molecule has 98 valence electrons. The molecule has 0 spiro atoms. The molecular formula is C16H23NO. The standard InChI is InChI=1S/C16H23NO/c1-16(2,3)12-17(14-10-7-11-14)15(18)13-8-5-4-6-9-13/h4-6,8-9,14H,7,10-12H2,1-3H3. The molecular weight excluding hydrogens is 222 g/mol. The lowest BCUT2D eigenvalue weighted by atomic mass is 9.87. The van der Waals surface area contributed by atoms with Gasteiger partial charge in [0.15, 0.2) is 0 Å². The fourth-order valence-corrected chi connectivity index (χ4v) is 2.32. The van der Waals surface area contributed by atoms with Crippen molar-refractivity contribution in [2.24, 2.45) is 5.41 Å². The van der Waals surface area contributed by atoms with Crippen molar-refractivity contribution in [1.29, 1.82) is 0 Å². The Hall–Kier alpha value is -1.31. The van der Waals surface area contributed by atoms with Crippen LogP contribution in [0.3, 0.4) is 0 Å². The lowest BCUT2D eigenvalue weighted by molar-refractivity contribution is 0.0478. The van der Waals surface area contributed by atoms with Crippen molar-refractivity contribution in [2.75, 3.05) is 6.54 Å². The summed E-state index contributed by atoms with van der Waals surface area (Å²) in [6, 6.07) is 10.1. The Labute approximate surface area is 110 Å². The van der Waals surface area contributed by atoms with Crippen LogP contribution in [0.5, 0.6) is 0 Å². The highest BCUT2D eigenvalue weighted by atomic mass is 16.2. The number of nitrogens with zero attached hydrogens (tertiary/aromatic N) is 1. The molecule has 18 heavy (non-hydrogen) atoms. The van der Waals surface area contributed by atoms with Gasteiger partial charge >= 0.3 is 0 Å². The van der Waals surface area contributed by atoms with Crippen LogP contribution in [-0.4, -0.2) is 23.4 Å². The molecule has 2 heteroatoms. The van der Waals surface area contributed by atoms with Crippen LogP contribution in [0.25, 0.3) is 0 Å². The first-order chi connectivity index (χ1) is 8.47. The summed E-state index contributed by atoms with van der Waals surface area (Å²) >= 11 is 0. The molecule has 0 heterocycles. The van der Waals surface area contributed by atoms with E-state index in [1.165, 1.54) is 6.42 Å². The summed E-state index contributed by atoms with van der Waals surface area (Å²) in [5.41, 5.74) is 0.966. The Kier molecular flexibility index (Phi) is 3.74. The number of benzene rings is 1. The van der Waals surface area contributed by atoms with E-state index in [1.54, 1.807) is 0 Å². The number of carbonyl (C=O) groups excluding carboxylic acids is 1. The van der Waals surface area contributed by atoms with Gasteiger partial charge in [-0.15, -0.1) is 0 Å². The highest BCUT2D eigenvalue weighted by Gasteiger charge is 2.31. The van der Waals surface area contributed by atoms with Gasteiger partial charge in [-0.1, -0.05) is 39.0 Å². The summed E-state index contributed by atoms with van der Waals surface area (Å²) in [6.07, 6.45) is 3.58. The van der Waals surface area contributed by atoms with Crippen molar-refractivity contribution >= 4 is 5.91 Å². The maximum absolute atomic E-state index is 12.6. The molecule has 1 fully saturated rings. The molecule has 0 unspecified atom stereocenters. The van der Waals surface area contributed by atoms with Gasteiger partial charge in [0, 0.05) is 18.2 Å². The first kappa shape index (κ1) is 13.1. The Morgan fingerprint density at radius 3 is 2.28 bits per heavy atom. The van der Waals surface area contributed by atoms with Crippen LogP contribution in [0.2, 0.25) is 0 Å². The maximum Gasteiger partial charge on any atom is 0.254 e. The average Bonchev–Trinajstić information content (AvgIpc) is 2.24. The van der Waals surface area contributed by atoms with E-state index >= 15 is 0 Å². The average molecular weight is 245 g/mol. The van der Waals surface area contributed by atoms with Gasteiger partial charge in [0.25, 0.3) is 5.91 Å². The zero-order valence-electron chi connectivity index (χ0n) is 11.6. The van der Waals surface area contributed by atoms with Crippen molar-refractivity contribution < 1.29 is 4.79 Å². The molecule has 1 aliphatic carbocycles. The lowest BCUT2D eigenvalue weighted by Gasteiger charge is -2.41. The van der Waals surface area contributed by atoms with Gasteiger partial charge in [-0.25, -0.2) is 0 Å². The van der Waals surface area contributed by atoms with E-state index in [2.05, 4.69) is 25.7 Å². The molecule has 0 bridgehead atoms. The summed E-state index contributed by atoms with van der Waals surface area (Å²) in [5.74, 6) is 0.190. The Morgan fingerprint density at radius 2 is 1.83 bits per heavy atom. The molecule has 0 atom stereocenters. The van der Waals surface area contributed by atoms with Gasteiger partial charge in [0.05, 0.1) is 0 Å². The highest BCUT2D eigenvalue weighted by Crippen LogP contribution is 2.29. The predicted octanol–water partition coefficient (Wildman–Crippen LogP) is 3.73. The highest BCUT2D eigenvalue weighted by molar-refractivity contribution is 5.94. The summed E-state index contributed by atoms with van der Waals surface area (Å²) < 4.78 is 0. The normalized spacial score (nSPS) is 16.2. The molecule has 1 saturated carbocycles. The smallest absolute Gasteiger partial charge is 0.254 e. The molecule has 1 aromatic carbocycles. The second kappa shape index (κ2) is 5.13. The van der Waals surface area contributed by atoms with Crippen LogP contribution in [0, 0.1) is 5.41 Å². The minimum Gasteiger partial charge on any atom is -0.335 e. The summed E-state index contributed by atoms with van der Waals surface area (Å²) in [6.45, 7) is 7.41. The summed E-state index contributed by atoms with van der Waals surface area (Å²) in [4.78, 5) is 14.7. The van der Waals surface area contributed by atoms with Crippen molar-refractivity contribution in [3.05, 3.63) is 35.9 Å². The third-order valence-electron chi connectivity index (χ3n) is 3.44. The zero-order chi connectivity index (χ0) is 13.2. The second-order valence-corrected chi connectivity index (χ2v) is 6.44. The fraction of sp³-hybridized carbons (Fsp3) is 0.562. The van der Waals surface area contributed by atoms with Crippen LogP contribution in [0.4, 0.5) is 0 Å². The van der Waals surface area contributed by atoms with E-state index in [0.717, 1.165) is 24.9 Å². The lowest BCUT2D eigenvalue weighted by Crippen LogP contribution is -2.47. The van der Waals surface area contributed by atoms with Gasteiger partial charge < -0.3 is 4.90 Å². The second-order valence-electron chi connectivity index (χ2n) is 6.44. The number of hydrogen-bond donors (Lipinski definition) is 0. The molecule has 2 nitrogen and oxygen atoms in total. The SMILES string of the molecule is CC(C)(C)CN(C(=O)c1ccccc1)C1CCC1. The number of rotatable bonds is 3. The van der Waals surface area contributed by atoms with Crippen LogP contribution < -0.4 is 0 Å². The summed E-state index contributed by atoms with van der Waals surface area (Å²) in [5, 5.41) is 0. The van der Waals surface area contributed by atoms with Crippen LogP contribution >= 0.6 is 0 Å². The third-order valence-corrected chi connectivity index (χ3v) is 3.44. The van der Waals surface area contributed by atoms with Crippen molar-refractivity contribution in [3.8, 4) is 0 Å². The van der Waals surface area contributed by atoms with E-state index in [4.69, 9.17) is 0 Å². The topological polar surface area (TPSA) is 20.3 Å². The largest absolute Gasteiger partial charge is 0.335 e. The van der Waals surface area contributed by atoms with E-state index < -0.39 is 0 Å². The molecule has 0 aliphatic heterocycles. The van der Waals surface area contributed by atoms with E-state index in [1.807, 2.05) is 30.3 Å². The molecule has 1 amide bonds. The predicted molar refractivity (Wildman–Crippen MR) is 74.6 cm³/mol. The quantitative estimate of drug-likeness (QED) is 0.794. The van der Waals surface area contributed by atoms with Crippen molar-refractivity contribution in [1.82, 2.24) is 4.90 Å². The first-order valence-corrected chi connectivity index (χ1v) is 6.83. The third kappa shape index (κ3) is 3.12. The number of carbonyl (C=O) groups is 1. The minimum atomic E-state index is 0.153. The maximum atomic E-state index is 12.6. The molecule has 0 aromatic heterocycles. The monoisotopic (exact) mass is 245 g/mol. The summed E-state index contributed by atoms with van der Waals surface area (Å²) in [7, 11) is 0. The number of amides is 1. The fourth-order valence-electron chi connectivity index (χ4n) is 2.32. The Morgan fingerprint density at radius 1 is 1.22 bits per heavy atom. The van der Waals surface area contributed by atoms with Gasteiger partial charge in [0.2, 0.25) is 0 Å². The van der Waals surface area contributed by atoms with E-state index in [0.29, 0.717) is 6.04 Å². The molecule has 0 N–H and O–H groups in total. The van der Waals surface area contributed by atoms with Crippen LogP contribution in [-0.2, 0) is 0 Å². The van der Waals surface area contributed by atoms with E-state index in [9.17, 15) is 4.79 Å². The van der Waals surface area contributed by atoms with Crippen LogP contribution in [0.15, 0.2) is 30.3 Å². The molecule has 2 rings (SSSR count). The zero-order valence-corrected chi connectivity index (χ0v) is 11.6. The number of hydrogen-bond acceptors (Lipinski definition) is 1. The van der Waals surface area contributed by atoms with Crippen molar-refractivity contribution in [3.63, 3.8) is 0 Å². The first-order valence-electron chi connectivity index (χ1n) is 6.83. The van der Waals surface area contributed by atoms with Crippen LogP contribution in [0.1, 0.15) is 50.4 Å². The van der Waals surface area contributed by atoms with Gasteiger partial charge in [-0.2, -0.15) is 0 Å². The Bertz CT molecular complexity index is 401. The molecule has 0 radical (unpaired) electrons. The van der Waals surface area contributed by atoms with Gasteiger partial charge in [-0.3, -0.25) is 4.79 Å². The Balaban J connectivity index is 2.16. The van der Waals surface area contributed by atoms with Crippen molar-refractivity contribution in [2.45, 2.75) is 46.1 Å². The molecule has 1 aliphatic rings. The van der Waals surface area contributed by atoms with E-state index in [-0.39, 0.29) is 11.3 Å².